The molecule has 6 heteroatoms. The average Bonchev–Trinajstić information content (AvgIpc) is 3.25. The first-order valence-electron chi connectivity index (χ1n) is 10.4. The van der Waals surface area contributed by atoms with Gasteiger partial charge < -0.3 is 24.5 Å². The summed E-state index contributed by atoms with van der Waals surface area (Å²) in [6.07, 6.45) is 2.68. The molecule has 32 heavy (non-hydrogen) atoms. The van der Waals surface area contributed by atoms with Crippen molar-refractivity contribution in [3.05, 3.63) is 89.6 Å². The Balaban J connectivity index is 1.36. The Labute approximate surface area is 187 Å². The molecule has 1 heterocycles. The lowest BCUT2D eigenvalue weighted by atomic mass is 10.1. The van der Waals surface area contributed by atoms with E-state index in [-0.39, 0.29) is 5.91 Å². The topological polar surface area (TPSA) is 72.6 Å². The van der Waals surface area contributed by atoms with Crippen LogP contribution in [0.15, 0.2) is 72.9 Å². The van der Waals surface area contributed by atoms with E-state index in [0.29, 0.717) is 36.6 Å². The third kappa shape index (κ3) is 5.03. The first kappa shape index (κ1) is 21.3. The molecule has 0 aliphatic carbocycles. The molecule has 0 aliphatic rings. The third-order valence-electron chi connectivity index (χ3n) is 5.28. The van der Waals surface area contributed by atoms with Crippen molar-refractivity contribution >= 4 is 16.8 Å². The van der Waals surface area contributed by atoms with Crippen molar-refractivity contribution in [2.75, 3.05) is 20.8 Å². The number of benzene rings is 3. The van der Waals surface area contributed by atoms with Gasteiger partial charge in [0.25, 0.3) is 5.91 Å². The van der Waals surface area contributed by atoms with Crippen molar-refractivity contribution in [3.63, 3.8) is 0 Å². The minimum atomic E-state index is -0.168. The molecule has 164 valence electrons. The third-order valence-corrected chi connectivity index (χ3v) is 5.28. The molecule has 6 nitrogen and oxygen atoms in total. The molecule has 4 rings (SSSR count). The van der Waals surface area contributed by atoms with Crippen LogP contribution in [0, 0.1) is 0 Å². The highest BCUT2D eigenvalue weighted by Crippen LogP contribution is 2.25. The van der Waals surface area contributed by atoms with Crippen molar-refractivity contribution < 1.29 is 19.0 Å². The van der Waals surface area contributed by atoms with Crippen LogP contribution in [0.2, 0.25) is 0 Å². The second kappa shape index (κ2) is 9.92. The average molecular weight is 431 g/mol. The quantitative estimate of drug-likeness (QED) is 0.402. The van der Waals surface area contributed by atoms with Gasteiger partial charge in [-0.05, 0) is 41.8 Å². The van der Waals surface area contributed by atoms with E-state index in [1.54, 1.807) is 32.4 Å². The van der Waals surface area contributed by atoms with Gasteiger partial charge in [0.15, 0.2) is 0 Å². The van der Waals surface area contributed by atoms with Crippen LogP contribution < -0.4 is 19.5 Å². The van der Waals surface area contributed by atoms with E-state index in [2.05, 4.69) is 16.4 Å². The second-order valence-electron chi connectivity index (χ2n) is 7.40. The van der Waals surface area contributed by atoms with Crippen molar-refractivity contribution in [1.29, 1.82) is 0 Å². The van der Waals surface area contributed by atoms with Crippen LogP contribution in [-0.2, 0) is 13.0 Å². The van der Waals surface area contributed by atoms with Crippen LogP contribution in [-0.4, -0.2) is 31.7 Å². The number of ether oxygens (including phenoxy) is 3. The number of aromatic nitrogens is 1. The van der Waals surface area contributed by atoms with Gasteiger partial charge in [0, 0.05) is 41.3 Å². The SMILES string of the molecule is COc1cc(OC)cc(C(=O)NCCc2c[nH]c3cc(OCc4ccccc4)ccc23)c1. The Morgan fingerprint density at radius 3 is 2.38 bits per heavy atom. The maximum absolute atomic E-state index is 12.6. The van der Waals surface area contributed by atoms with E-state index in [1.165, 1.54) is 0 Å². The molecule has 0 unspecified atom stereocenters. The minimum Gasteiger partial charge on any atom is -0.497 e. The molecular formula is C26H26N2O4. The number of hydrogen-bond acceptors (Lipinski definition) is 4. The lowest BCUT2D eigenvalue weighted by Crippen LogP contribution is -2.25. The van der Waals surface area contributed by atoms with Gasteiger partial charge in [-0.2, -0.15) is 0 Å². The van der Waals surface area contributed by atoms with Gasteiger partial charge >= 0.3 is 0 Å². The summed E-state index contributed by atoms with van der Waals surface area (Å²) in [6.45, 7) is 1.04. The van der Waals surface area contributed by atoms with Gasteiger partial charge in [-0.1, -0.05) is 30.3 Å². The molecule has 0 spiro atoms. The van der Waals surface area contributed by atoms with E-state index in [0.717, 1.165) is 27.8 Å². The Bertz CT molecular complexity index is 1180. The zero-order chi connectivity index (χ0) is 22.3. The maximum Gasteiger partial charge on any atom is 0.251 e. The second-order valence-corrected chi connectivity index (χ2v) is 7.40. The van der Waals surface area contributed by atoms with Crippen LogP contribution in [0.25, 0.3) is 10.9 Å². The molecule has 0 aliphatic heterocycles. The highest BCUT2D eigenvalue weighted by Gasteiger charge is 2.11. The number of carbonyl (C=O) groups is 1. The predicted molar refractivity (Wildman–Crippen MR) is 125 cm³/mol. The number of carbonyl (C=O) groups excluding carboxylic acids is 1. The van der Waals surface area contributed by atoms with E-state index in [4.69, 9.17) is 14.2 Å². The van der Waals surface area contributed by atoms with Crippen molar-refractivity contribution in [2.45, 2.75) is 13.0 Å². The standard InChI is InChI=1S/C26H26N2O4/c1-30-22-12-20(13-23(14-22)31-2)26(29)27-11-10-19-16-28-25-15-21(8-9-24(19)25)32-17-18-6-4-3-5-7-18/h3-9,12-16,28H,10-11,17H2,1-2H3,(H,27,29). The van der Waals surface area contributed by atoms with Gasteiger partial charge in [-0.3, -0.25) is 4.79 Å². The smallest absolute Gasteiger partial charge is 0.251 e. The molecule has 1 amide bonds. The summed E-state index contributed by atoms with van der Waals surface area (Å²) in [5.74, 6) is 1.81. The Hall–Kier alpha value is -3.93. The molecule has 0 saturated heterocycles. The normalized spacial score (nSPS) is 10.7. The Morgan fingerprint density at radius 2 is 1.66 bits per heavy atom. The van der Waals surface area contributed by atoms with Crippen molar-refractivity contribution in [2.24, 2.45) is 0 Å². The fraction of sp³-hybridized carbons (Fsp3) is 0.192. The van der Waals surface area contributed by atoms with Gasteiger partial charge in [0.2, 0.25) is 0 Å². The van der Waals surface area contributed by atoms with Gasteiger partial charge in [-0.15, -0.1) is 0 Å². The van der Waals surface area contributed by atoms with Crippen LogP contribution in [0.3, 0.4) is 0 Å². The molecule has 0 atom stereocenters. The summed E-state index contributed by atoms with van der Waals surface area (Å²) in [5, 5.41) is 4.09. The molecule has 4 aromatic rings. The number of amides is 1. The lowest BCUT2D eigenvalue weighted by molar-refractivity contribution is 0.0953. The fourth-order valence-electron chi connectivity index (χ4n) is 3.55. The molecule has 1 aromatic heterocycles. The summed E-state index contributed by atoms with van der Waals surface area (Å²) in [5.41, 5.74) is 3.78. The van der Waals surface area contributed by atoms with Gasteiger partial charge in [-0.25, -0.2) is 0 Å². The van der Waals surface area contributed by atoms with E-state index < -0.39 is 0 Å². The molecule has 3 aromatic carbocycles. The monoisotopic (exact) mass is 430 g/mol. The first-order valence-corrected chi connectivity index (χ1v) is 10.4. The predicted octanol–water partition coefficient (Wildman–Crippen LogP) is 4.74. The highest BCUT2D eigenvalue weighted by atomic mass is 16.5. The molecule has 0 radical (unpaired) electrons. The van der Waals surface area contributed by atoms with Crippen LogP contribution >= 0.6 is 0 Å². The van der Waals surface area contributed by atoms with Crippen molar-refractivity contribution in [1.82, 2.24) is 10.3 Å². The molecule has 0 saturated carbocycles. The number of aromatic amines is 1. The number of rotatable bonds is 9. The van der Waals surface area contributed by atoms with E-state index in [9.17, 15) is 4.79 Å². The number of H-pyrrole nitrogens is 1. The lowest BCUT2D eigenvalue weighted by Gasteiger charge is -2.09. The largest absolute Gasteiger partial charge is 0.497 e. The number of methoxy groups -OCH3 is 2. The van der Waals surface area contributed by atoms with Gasteiger partial charge in [0.1, 0.15) is 23.9 Å². The van der Waals surface area contributed by atoms with Gasteiger partial charge in [0.05, 0.1) is 14.2 Å². The summed E-state index contributed by atoms with van der Waals surface area (Å²) in [7, 11) is 3.12. The molecule has 2 N–H and O–H groups in total. The highest BCUT2D eigenvalue weighted by molar-refractivity contribution is 5.95. The maximum atomic E-state index is 12.6. The fourth-order valence-corrected chi connectivity index (χ4v) is 3.55. The Kier molecular flexibility index (Phi) is 6.60. The zero-order valence-electron chi connectivity index (χ0n) is 18.2. The van der Waals surface area contributed by atoms with E-state index in [1.807, 2.05) is 48.7 Å². The molecule has 0 bridgehead atoms. The van der Waals surface area contributed by atoms with Crippen LogP contribution in [0.1, 0.15) is 21.5 Å². The Morgan fingerprint density at radius 1 is 0.906 bits per heavy atom. The summed E-state index contributed by atoms with van der Waals surface area (Å²) >= 11 is 0. The number of nitrogens with one attached hydrogen (secondary N) is 2. The summed E-state index contributed by atoms with van der Waals surface area (Å²) in [4.78, 5) is 15.9. The van der Waals surface area contributed by atoms with Crippen molar-refractivity contribution in [3.8, 4) is 17.2 Å². The molecule has 0 fully saturated rings. The van der Waals surface area contributed by atoms with Crippen LogP contribution in [0.4, 0.5) is 0 Å². The molecular weight excluding hydrogens is 404 g/mol. The van der Waals surface area contributed by atoms with E-state index >= 15 is 0 Å². The zero-order valence-corrected chi connectivity index (χ0v) is 18.2. The number of fused-ring (bicyclic) bond motifs is 1. The summed E-state index contributed by atoms with van der Waals surface area (Å²) < 4.78 is 16.4. The number of hydrogen-bond donors (Lipinski definition) is 2. The summed E-state index contributed by atoms with van der Waals surface area (Å²) in [6, 6.07) is 21.2. The van der Waals surface area contributed by atoms with Crippen LogP contribution in [0.5, 0.6) is 17.2 Å². The first-order chi connectivity index (χ1) is 15.7. The minimum absolute atomic E-state index is 0.168.